The molecule has 0 saturated carbocycles. The molecule has 10 nitrogen and oxygen atoms in total. The fourth-order valence-corrected chi connectivity index (χ4v) is 2.79. The first kappa shape index (κ1) is 22.5. The zero-order chi connectivity index (χ0) is 21.1. The highest BCUT2D eigenvalue weighted by molar-refractivity contribution is 5.83. The van der Waals surface area contributed by atoms with Crippen molar-refractivity contribution in [2.24, 2.45) is 4.99 Å². The number of carbonyl (C=O) groups is 2. The summed E-state index contributed by atoms with van der Waals surface area (Å²) in [6.07, 6.45) is 4.86. The summed E-state index contributed by atoms with van der Waals surface area (Å²) in [6.45, 7) is 6.08. The van der Waals surface area contributed by atoms with E-state index < -0.39 is 12.2 Å². The molecule has 1 fully saturated rings. The third kappa shape index (κ3) is 7.28. The summed E-state index contributed by atoms with van der Waals surface area (Å²) < 4.78 is 10.7. The lowest BCUT2D eigenvalue weighted by Crippen LogP contribution is -2.35. The van der Waals surface area contributed by atoms with E-state index in [1.165, 1.54) is 6.07 Å². The second-order valence-electron chi connectivity index (χ2n) is 6.85. The molecule has 1 saturated heterocycles. The van der Waals surface area contributed by atoms with E-state index in [-0.39, 0.29) is 24.6 Å². The summed E-state index contributed by atoms with van der Waals surface area (Å²) in [4.78, 5) is 34.0. The van der Waals surface area contributed by atoms with Gasteiger partial charge in [0.1, 0.15) is 5.82 Å². The fourth-order valence-electron chi connectivity index (χ4n) is 2.79. The Balaban J connectivity index is 2.27. The molecule has 1 aromatic rings. The first-order chi connectivity index (χ1) is 14.0. The van der Waals surface area contributed by atoms with E-state index in [2.05, 4.69) is 15.3 Å². The Hall–Kier alpha value is -2.78. The van der Waals surface area contributed by atoms with Crippen LogP contribution >= 0.6 is 0 Å². The van der Waals surface area contributed by atoms with Gasteiger partial charge in [0.2, 0.25) is 0 Å². The molecule has 0 aromatic carbocycles. The molecule has 2 amide bonds. The molecule has 0 unspecified atom stereocenters. The molecule has 2 N–H and O–H groups in total. The van der Waals surface area contributed by atoms with E-state index in [4.69, 9.17) is 9.47 Å². The lowest BCUT2D eigenvalue weighted by atomic mass is 10.1. The van der Waals surface area contributed by atoms with Crippen LogP contribution in [-0.4, -0.2) is 53.4 Å². The van der Waals surface area contributed by atoms with Gasteiger partial charge in [0, 0.05) is 19.2 Å². The maximum Gasteiger partial charge on any atom is 0.437 e. The Bertz CT molecular complexity index is 743. The molecule has 2 rings (SSSR count). The van der Waals surface area contributed by atoms with Crippen molar-refractivity contribution < 1.29 is 24.3 Å². The predicted octanol–water partition coefficient (Wildman–Crippen LogP) is 3.30. The van der Waals surface area contributed by atoms with Crippen molar-refractivity contribution in [1.29, 1.82) is 0 Å². The first-order valence-corrected chi connectivity index (χ1v) is 10.3. The van der Waals surface area contributed by atoms with Crippen molar-refractivity contribution in [2.45, 2.75) is 58.8 Å². The first-order valence-electron chi connectivity index (χ1n) is 10.3. The minimum atomic E-state index is -0.846. The molecular weight excluding hydrogens is 378 g/mol. The average molecular weight is 409 g/mol. The van der Waals surface area contributed by atoms with Crippen LogP contribution in [-0.2, 0) is 9.47 Å². The highest BCUT2D eigenvalue weighted by Gasteiger charge is 2.17. The molecule has 0 atom stereocenters. The Morgan fingerprint density at radius 3 is 2.45 bits per heavy atom. The number of carbonyl (C=O) groups excluding carboxylic acids is 2. The highest BCUT2D eigenvalue weighted by Crippen LogP contribution is 2.19. The largest absolute Gasteiger partial charge is 0.449 e. The third-order valence-corrected chi connectivity index (χ3v) is 4.45. The van der Waals surface area contributed by atoms with Gasteiger partial charge >= 0.3 is 12.2 Å². The Morgan fingerprint density at radius 1 is 1.14 bits per heavy atom. The summed E-state index contributed by atoms with van der Waals surface area (Å²) in [6, 6.07) is 1.54. The molecule has 10 heteroatoms. The standard InChI is InChI=1S/C19H31N5O5/c1-3-5-12-28-18(25)21-16-14-15(23-10-8-7-9-11-23)20-17(24(16)27)22-19(26)29-13-6-4-2/h14,27H,3-13H2,1-2H3,(H,21,25). The summed E-state index contributed by atoms with van der Waals surface area (Å²) >= 11 is 0. The van der Waals surface area contributed by atoms with Gasteiger partial charge in [-0.2, -0.15) is 4.98 Å². The maximum atomic E-state index is 12.0. The summed E-state index contributed by atoms with van der Waals surface area (Å²) in [5.41, 5.74) is -0.265. The van der Waals surface area contributed by atoms with Gasteiger partial charge in [0.15, 0.2) is 5.82 Å². The Kier molecular flexibility index (Phi) is 9.26. The zero-order valence-corrected chi connectivity index (χ0v) is 17.2. The van der Waals surface area contributed by atoms with E-state index in [1.54, 1.807) is 0 Å². The van der Waals surface area contributed by atoms with Crippen LogP contribution in [0.25, 0.3) is 0 Å². The Labute approximate surface area is 170 Å². The number of nitrogens with one attached hydrogen (secondary N) is 1. The van der Waals surface area contributed by atoms with E-state index in [1.807, 2.05) is 18.7 Å². The van der Waals surface area contributed by atoms with Gasteiger partial charge in [-0.15, -0.1) is 9.72 Å². The number of aromatic nitrogens is 2. The van der Waals surface area contributed by atoms with Gasteiger partial charge in [-0.1, -0.05) is 26.7 Å². The minimum Gasteiger partial charge on any atom is -0.449 e. The molecule has 29 heavy (non-hydrogen) atoms. The number of nitrogens with zero attached hydrogens (tertiary/aromatic N) is 4. The maximum absolute atomic E-state index is 12.0. The molecule has 0 radical (unpaired) electrons. The molecule has 0 bridgehead atoms. The fraction of sp³-hybridized carbons (Fsp3) is 0.684. The number of rotatable bonds is 8. The topological polar surface area (TPSA) is 118 Å². The lowest BCUT2D eigenvalue weighted by molar-refractivity contribution is 0.145. The van der Waals surface area contributed by atoms with Gasteiger partial charge in [-0.25, -0.2) is 9.59 Å². The van der Waals surface area contributed by atoms with Gasteiger partial charge in [0.05, 0.1) is 13.2 Å². The Morgan fingerprint density at radius 2 is 1.79 bits per heavy atom. The van der Waals surface area contributed by atoms with Crippen molar-refractivity contribution >= 4 is 23.8 Å². The minimum absolute atomic E-state index is 0.0159. The normalized spacial score (nSPS) is 14.6. The number of anilines is 2. The number of piperidine rings is 1. The molecule has 2 heterocycles. The number of unbranched alkanes of at least 4 members (excludes halogenated alkanes) is 2. The van der Waals surface area contributed by atoms with Gasteiger partial charge < -0.3 is 19.6 Å². The van der Waals surface area contributed by atoms with Crippen LogP contribution in [0.2, 0.25) is 0 Å². The number of amides is 2. The SMILES string of the molecule is CCCCOC(=O)N=c1nc(N2CCCCC2)cc(NC(=O)OCCCC)n1O. The van der Waals surface area contributed by atoms with Crippen LogP contribution in [0.1, 0.15) is 58.8 Å². The molecule has 1 aliphatic heterocycles. The van der Waals surface area contributed by atoms with Gasteiger partial charge in [-0.3, -0.25) is 5.32 Å². The number of hydrogen-bond donors (Lipinski definition) is 2. The zero-order valence-electron chi connectivity index (χ0n) is 17.2. The van der Waals surface area contributed by atoms with E-state index in [0.29, 0.717) is 10.5 Å². The molecule has 1 aliphatic rings. The summed E-state index contributed by atoms with van der Waals surface area (Å²) in [7, 11) is 0. The second kappa shape index (κ2) is 11.9. The quantitative estimate of drug-likeness (QED) is 0.499. The van der Waals surface area contributed by atoms with Crippen LogP contribution < -0.4 is 15.8 Å². The monoisotopic (exact) mass is 409 g/mol. The van der Waals surface area contributed by atoms with E-state index in [0.717, 1.165) is 58.0 Å². The molecule has 0 spiro atoms. The van der Waals surface area contributed by atoms with Crippen molar-refractivity contribution in [3.05, 3.63) is 11.7 Å². The van der Waals surface area contributed by atoms with Crippen LogP contribution in [0.15, 0.2) is 11.1 Å². The van der Waals surface area contributed by atoms with Crippen molar-refractivity contribution in [2.75, 3.05) is 36.5 Å². The molecule has 162 valence electrons. The number of hydrogen-bond acceptors (Lipinski definition) is 7. The van der Waals surface area contributed by atoms with Crippen LogP contribution in [0.3, 0.4) is 0 Å². The average Bonchev–Trinajstić information content (AvgIpc) is 2.72. The van der Waals surface area contributed by atoms with E-state index >= 15 is 0 Å². The van der Waals surface area contributed by atoms with Crippen LogP contribution in [0, 0.1) is 0 Å². The second-order valence-corrected chi connectivity index (χ2v) is 6.85. The smallest absolute Gasteiger partial charge is 0.437 e. The molecular formula is C19H31N5O5. The predicted molar refractivity (Wildman–Crippen MR) is 107 cm³/mol. The van der Waals surface area contributed by atoms with Crippen LogP contribution in [0.5, 0.6) is 0 Å². The summed E-state index contributed by atoms with van der Waals surface area (Å²) in [5, 5.41) is 12.9. The van der Waals surface area contributed by atoms with E-state index in [9.17, 15) is 14.8 Å². The van der Waals surface area contributed by atoms with Crippen molar-refractivity contribution in [1.82, 2.24) is 9.71 Å². The van der Waals surface area contributed by atoms with Crippen LogP contribution in [0.4, 0.5) is 21.2 Å². The lowest BCUT2D eigenvalue weighted by Gasteiger charge is -2.28. The molecule has 1 aromatic heterocycles. The molecule has 0 aliphatic carbocycles. The number of ether oxygens (including phenoxy) is 2. The summed E-state index contributed by atoms with van der Waals surface area (Å²) in [5.74, 6) is 0.529. The van der Waals surface area contributed by atoms with Gasteiger partial charge in [-0.05, 0) is 32.1 Å². The van der Waals surface area contributed by atoms with Crippen molar-refractivity contribution in [3.8, 4) is 0 Å². The van der Waals surface area contributed by atoms with Crippen molar-refractivity contribution in [3.63, 3.8) is 0 Å². The highest BCUT2D eigenvalue weighted by atomic mass is 16.6. The third-order valence-electron chi connectivity index (χ3n) is 4.45. The van der Waals surface area contributed by atoms with Gasteiger partial charge in [0.25, 0.3) is 5.62 Å².